The zero-order valence-electron chi connectivity index (χ0n) is 6.45. The second-order valence-electron chi connectivity index (χ2n) is 2.52. The molecule has 0 unspecified atom stereocenters. The second-order valence-corrected chi connectivity index (χ2v) is 2.52. The number of aromatic nitrogens is 2. The second kappa shape index (κ2) is 3.57. The molecule has 0 aromatic carbocycles. The molecule has 5 heteroatoms. The van der Waals surface area contributed by atoms with E-state index in [0.29, 0.717) is 5.56 Å². The lowest BCUT2D eigenvalue weighted by atomic mass is 10.2. The maximum absolute atomic E-state index is 8.65. The fourth-order valence-electron chi connectivity index (χ4n) is 1.27. The van der Waals surface area contributed by atoms with Gasteiger partial charge >= 0.3 is 0 Å². The standard InChI is InChI=1S/C7H8N4.ClH/c8-3-6-4-10-11-2-1-9-5-7(6)11;/h4,9H,1-2,5H2;1H. The van der Waals surface area contributed by atoms with Crippen molar-refractivity contribution in [3.63, 3.8) is 0 Å². The minimum atomic E-state index is 0. The topological polar surface area (TPSA) is 53.6 Å². The fraction of sp³-hybridized carbons (Fsp3) is 0.429. The Bertz CT molecular complexity index is 312. The summed E-state index contributed by atoms with van der Waals surface area (Å²) in [5.41, 5.74) is 1.70. The number of nitrogens with one attached hydrogen (secondary N) is 1. The maximum atomic E-state index is 8.65. The molecule has 0 bridgehead atoms. The van der Waals surface area contributed by atoms with E-state index in [0.717, 1.165) is 25.3 Å². The minimum absolute atomic E-state index is 0. The van der Waals surface area contributed by atoms with Crippen molar-refractivity contribution in [2.75, 3.05) is 6.54 Å². The van der Waals surface area contributed by atoms with Gasteiger partial charge in [-0.05, 0) is 0 Å². The van der Waals surface area contributed by atoms with Crippen molar-refractivity contribution in [1.82, 2.24) is 15.1 Å². The summed E-state index contributed by atoms with van der Waals surface area (Å²) in [6.07, 6.45) is 1.63. The summed E-state index contributed by atoms with van der Waals surface area (Å²) in [6.45, 7) is 2.58. The van der Waals surface area contributed by atoms with E-state index in [-0.39, 0.29) is 12.4 Å². The minimum Gasteiger partial charge on any atom is -0.309 e. The van der Waals surface area contributed by atoms with Crippen LogP contribution in [0.5, 0.6) is 0 Å². The molecule has 2 rings (SSSR count). The van der Waals surface area contributed by atoms with Crippen LogP contribution in [0.3, 0.4) is 0 Å². The lowest BCUT2D eigenvalue weighted by Crippen LogP contribution is -2.28. The van der Waals surface area contributed by atoms with Gasteiger partial charge in [-0.1, -0.05) is 0 Å². The van der Waals surface area contributed by atoms with E-state index in [2.05, 4.69) is 16.5 Å². The molecule has 0 saturated carbocycles. The predicted molar refractivity (Wildman–Crippen MR) is 45.9 cm³/mol. The Morgan fingerprint density at radius 3 is 3.25 bits per heavy atom. The predicted octanol–water partition coefficient (Wildman–Crippen LogP) is 0.280. The van der Waals surface area contributed by atoms with E-state index in [4.69, 9.17) is 5.26 Å². The van der Waals surface area contributed by atoms with Gasteiger partial charge in [-0.15, -0.1) is 12.4 Å². The van der Waals surface area contributed by atoms with E-state index >= 15 is 0 Å². The molecule has 64 valence electrons. The molecule has 1 aromatic rings. The summed E-state index contributed by atoms with van der Waals surface area (Å²) in [6, 6.07) is 2.11. The van der Waals surface area contributed by atoms with Gasteiger partial charge in [-0.3, -0.25) is 4.68 Å². The average molecular weight is 185 g/mol. The van der Waals surface area contributed by atoms with Crippen molar-refractivity contribution in [3.05, 3.63) is 17.5 Å². The van der Waals surface area contributed by atoms with Crippen LogP contribution >= 0.6 is 12.4 Å². The van der Waals surface area contributed by atoms with Gasteiger partial charge in [0.2, 0.25) is 0 Å². The molecule has 0 fully saturated rings. The van der Waals surface area contributed by atoms with Gasteiger partial charge in [0.05, 0.1) is 24.0 Å². The van der Waals surface area contributed by atoms with Gasteiger partial charge in [0.25, 0.3) is 0 Å². The molecule has 0 amide bonds. The molecular weight excluding hydrogens is 176 g/mol. The Morgan fingerprint density at radius 1 is 1.67 bits per heavy atom. The summed E-state index contributed by atoms with van der Waals surface area (Å²) in [4.78, 5) is 0. The summed E-state index contributed by atoms with van der Waals surface area (Å²) in [5, 5.41) is 15.9. The van der Waals surface area contributed by atoms with E-state index in [1.807, 2.05) is 4.68 Å². The largest absolute Gasteiger partial charge is 0.309 e. The first-order valence-corrected chi connectivity index (χ1v) is 3.57. The van der Waals surface area contributed by atoms with Gasteiger partial charge in [0.1, 0.15) is 6.07 Å². The summed E-state index contributed by atoms with van der Waals surface area (Å²) in [5.74, 6) is 0. The molecule has 12 heavy (non-hydrogen) atoms. The Labute approximate surface area is 76.6 Å². The molecule has 4 nitrogen and oxygen atoms in total. The zero-order valence-corrected chi connectivity index (χ0v) is 7.27. The van der Waals surface area contributed by atoms with E-state index in [1.54, 1.807) is 6.20 Å². The van der Waals surface area contributed by atoms with Crippen molar-refractivity contribution in [2.24, 2.45) is 0 Å². The van der Waals surface area contributed by atoms with Gasteiger partial charge in [-0.2, -0.15) is 10.4 Å². The molecule has 0 aliphatic carbocycles. The summed E-state index contributed by atoms with van der Waals surface area (Å²) in [7, 11) is 0. The van der Waals surface area contributed by atoms with Gasteiger partial charge in [0.15, 0.2) is 0 Å². The molecule has 1 N–H and O–H groups in total. The molecule has 0 saturated heterocycles. The number of nitriles is 1. The number of fused-ring (bicyclic) bond motifs is 1. The number of halogens is 1. The first-order chi connectivity index (χ1) is 5.42. The smallest absolute Gasteiger partial charge is 0.103 e. The van der Waals surface area contributed by atoms with Crippen LogP contribution in [0, 0.1) is 11.3 Å². The molecule has 0 spiro atoms. The summed E-state index contributed by atoms with van der Waals surface area (Å²) < 4.78 is 1.88. The third-order valence-electron chi connectivity index (χ3n) is 1.86. The van der Waals surface area contributed by atoms with Crippen LogP contribution in [0.15, 0.2) is 6.20 Å². The highest BCUT2D eigenvalue weighted by molar-refractivity contribution is 5.85. The van der Waals surface area contributed by atoms with E-state index in [9.17, 15) is 0 Å². The van der Waals surface area contributed by atoms with Crippen molar-refractivity contribution < 1.29 is 0 Å². The highest BCUT2D eigenvalue weighted by Crippen LogP contribution is 2.09. The Balaban J connectivity index is 0.000000720. The van der Waals surface area contributed by atoms with Crippen LogP contribution in [0.25, 0.3) is 0 Å². The van der Waals surface area contributed by atoms with Crippen molar-refractivity contribution in [1.29, 1.82) is 5.26 Å². The fourth-order valence-corrected chi connectivity index (χ4v) is 1.27. The van der Waals surface area contributed by atoms with Crippen LogP contribution in [0.4, 0.5) is 0 Å². The Morgan fingerprint density at radius 2 is 2.50 bits per heavy atom. The number of nitrogens with zero attached hydrogens (tertiary/aromatic N) is 3. The van der Waals surface area contributed by atoms with Gasteiger partial charge in [-0.25, -0.2) is 0 Å². The Hall–Kier alpha value is -1.05. The maximum Gasteiger partial charge on any atom is 0.103 e. The highest BCUT2D eigenvalue weighted by atomic mass is 35.5. The lowest BCUT2D eigenvalue weighted by Gasteiger charge is -2.14. The highest BCUT2D eigenvalue weighted by Gasteiger charge is 2.12. The van der Waals surface area contributed by atoms with Crippen LogP contribution in [0.2, 0.25) is 0 Å². The normalized spacial score (nSPS) is 14.2. The van der Waals surface area contributed by atoms with Crippen molar-refractivity contribution in [3.8, 4) is 6.07 Å². The average Bonchev–Trinajstić information content (AvgIpc) is 2.47. The first kappa shape index (κ1) is 9.04. The van der Waals surface area contributed by atoms with Gasteiger partial charge in [0, 0.05) is 13.1 Å². The van der Waals surface area contributed by atoms with E-state index in [1.165, 1.54) is 0 Å². The lowest BCUT2D eigenvalue weighted by molar-refractivity contribution is 0.475. The number of hydrogen-bond donors (Lipinski definition) is 1. The zero-order chi connectivity index (χ0) is 7.68. The SMILES string of the molecule is Cl.N#Cc1cnn2c1CNCC2. The van der Waals surface area contributed by atoms with Crippen LogP contribution in [-0.2, 0) is 13.1 Å². The number of rotatable bonds is 0. The summed E-state index contributed by atoms with van der Waals surface area (Å²) >= 11 is 0. The molecule has 0 atom stereocenters. The van der Waals surface area contributed by atoms with Crippen LogP contribution in [0.1, 0.15) is 11.3 Å². The first-order valence-electron chi connectivity index (χ1n) is 3.57. The van der Waals surface area contributed by atoms with Crippen molar-refractivity contribution in [2.45, 2.75) is 13.1 Å². The van der Waals surface area contributed by atoms with E-state index < -0.39 is 0 Å². The van der Waals surface area contributed by atoms with Gasteiger partial charge < -0.3 is 5.32 Å². The van der Waals surface area contributed by atoms with Crippen LogP contribution < -0.4 is 5.32 Å². The third-order valence-corrected chi connectivity index (χ3v) is 1.86. The Kier molecular flexibility index (Phi) is 2.69. The third kappa shape index (κ3) is 1.29. The molecule has 1 aromatic heterocycles. The molecular formula is C7H9ClN4. The van der Waals surface area contributed by atoms with Crippen LogP contribution in [-0.4, -0.2) is 16.3 Å². The molecule has 1 aliphatic heterocycles. The van der Waals surface area contributed by atoms with Crippen molar-refractivity contribution >= 4 is 12.4 Å². The molecule has 1 aliphatic rings. The molecule has 0 radical (unpaired) electrons. The quantitative estimate of drug-likeness (QED) is 0.630. The molecule has 2 heterocycles. The number of hydrogen-bond acceptors (Lipinski definition) is 3. The monoisotopic (exact) mass is 184 g/mol.